The van der Waals surface area contributed by atoms with Crippen molar-refractivity contribution in [3.63, 3.8) is 0 Å². The monoisotopic (exact) mass is 427 g/mol. The van der Waals surface area contributed by atoms with Crippen LogP contribution in [0.2, 0.25) is 0 Å². The van der Waals surface area contributed by atoms with Crippen molar-refractivity contribution in [3.8, 4) is 0 Å². The van der Waals surface area contributed by atoms with E-state index < -0.39 is 0 Å². The molecule has 2 heterocycles. The third kappa shape index (κ3) is 4.14. The molecule has 6 heteroatoms. The van der Waals surface area contributed by atoms with Crippen LogP contribution < -0.4 is 20.9 Å². The van der Waals surface area contributed by atoms with Gasteiger partial charge in [0.25, 0.3) is 5.91 Å². The maximum atomic E-state index is 12.8. The fraction of sp³-hybridized carbons (Fsp3) is 0.269. The van der Waals surface area contributed by atoms with Crippen molar-refractivity contribution in [2.75, 3.05) is 54.8 Å². The summed E-state index contributed by atoms with van der Waals surface area (Å²) >= 11 is 0. The van der Waals surface area contributed by atoms with E-state index in [1.807, 2.05) is 30.3 Å². The summed E-state index contributed by atoms with van der Waals surface area (Å²) in [5, 5.41) is 3.19. The second-order valence-electron chi connectivity index (χ2n) is 8.42. The van der Waals surface area contributed by atoms with Crippen LogP contribution in [-0.4, -0.2) is 50.1 Å². The number of hydrogen-bond donors (Lipinski definition) is 2. The third-order valence-electron chi connectivity index (χ3n) is 6.42. The molecule has 5 rings (SSSR count). The number of hydrogen-bond acceptors (Lipinski definition) is 5. The molecule has 2 aliphatic heterocycles. The summed E-state index contributed by atoms with van der Waals surface area (Å²) in [6.45, 7) is 5.86. The molecular formula is C26H29N5O. The Morgan fingerprint density at radius 3 is 2.25 bits per heavy atom. The standard InChI is InChI=1S/C26H29N5O/c27-21-11-12-24-23(19-21)26(32)28-25(20-7-3-1-4-8-20)31(24)18-15-29-13-16-30(17-14-29)22-9-5-2-6-10-22/h1-12,19,25H,13-18,27H2,(H,28,32). The molecule has 1 atom stereocenters. The predicted octanol–water partition coefficient (Wildman–Crippen LogP) is 3.34. The number of nitrogens with one attached hydrogen (secondary N) is 1. The molecule has 0 spiro atoms. The molecule has 3 N–H and O–H groups in total. The van der Waals surface area contributed by atoms with Crippen LogP contribution in [-0.2, 0) is 0 Å². The lowest BCUT2D eigenvalue weighted by Gasteiger charge is -2.42. The summed E-state index contributed by atoms with van der Waals surface area (Å²) < 4.78 is 0. The summed E-state index contributed by atoms with van der Waals surface area (Å²) in [7, 11) is 0. The van der Waals surface area contributed by atoms with Gasteiger partial charge in [-0.25, -0.2) is 0 Å². The SMILES string of the molecule is Nc1ccc2c(c1)C(=O)NC(c1ccccc1)N2CCN1CCN(c2ccccc2)CC1. The number of nitrogens with zero attached hydrogens (tertiary/aromatic N) is 3. The number of rotatable bonds is 5. The van der Waals surface area contributed by atoms with Gasteiger partial charge in [-0.2, -0.15) is 0 Å². The van der Waals surface area contributed by atoms with Gasteiger partial charge >= 0.3 is 0 Å². The highest BCUT2D eigenvalue weighted by atomic mass is 16.2. The smallest absolute Gasteiger partial charge is 0.255 e. The topological polar surface area (TPSA) is 64.8 Å². The number of para-hydroxylation sites is 1. The maximum Gasteiger partial charge on any atom is 0.255 e. The second-order valence-corrected chi connectivity index (χ2v) is 8.42. The van der Waals surface area contributed by atoms with Gasteiger partial charge in [0.2, 0.25) is 0 Å². The maximum absolute atomic E-state index is 12.8. The fourth-order valence-corrected chi connectivity index (χ4v) is 4.67. The second kappa shape index (κ2) is 8.93. The summed E-state index contributed by atoms with van der Waals surface area (Å²) in [5.74, 6) is -0.0751. The highest BCUT2D eigenvalue weighted by molar-refractivity contribution is 6.02. The lowest BCUT2D eigenvalue weighted by molar-refractivity contribution is 0.0925. The van der Waals surface area contributed by atoms with Crippen LogP contribution in [0.25, 0.3) is 0 Å². The molecule has 1 amide bonds. The van der Waals surface area contributed by atoms with Crippen LogP contribution in [0.15, 0.2) is 78.9 Å². The first-order valence-electron chi connectivity index (χ1n) is 11.2. The number of benzene rings is 3. The minimum atomic E-state index is -0.189. The van der Waals surface area contributed by atoms with E-state index in [2.05, 4.69) is 62.5 Å². The number of anilines is 3. The Kier molecular flexibility index (Phi) is 5.69. The van der Waals surface area contributed by atoms with E-state index >= 15 is 0 Å². The Bertz CT molecular complexity index is 1060. The van der Waals surface area contributed by atoms with Crippen molar-refractivity contribution in [1.29, 1.82) is 0 Å². The first-order valence-corrected chi connectivity index (χ1v) is 11.2. The molecule has 3 aromatic carbocycles. The van der Waals surface area contributed by atoms with Crippen LogP contribution in [0.1, 0.15) is 22.1 Å². The van der Waals surface area contributed by atoms with Crippen molar-refractivity contribution in [1.82, 2.24) is 10.2 Å². The van der Waals surface area contributed by atoms with Crippen molar-refractivity contribution >= 4 is 23.0 Å². The molecule has 1 saturated heterocycles. The quantitative estimate of drug-likeness (QED) is 0.612. The van der Waals surface area contributed by atoms with E-state index in [1.54, 1.807) is 6.07 Å². The van der Waals surface area contributed by atoms with Gasteiger partial charge in [0.15, 0.2) is 0 Å². The average molecular weight is 428 g/mol. The first kappa shape index (κ1) is 20.4. The molecular weight excluding hydrogens is 398 g/mol. The minimum absolute atomic E-state index is 0.0751. The Balaban J connectivity index is 1.31. The molecule has 32 heavy (non-hydrogen) atoms. The third-order valence-corrected chi connectivity index (χ3v) is 6.42. The zero-order valence-electron chi connectivity index (χ0n) is 18.2. The fourth-order valence-electron chi connectivity index (χ4n) is 4.67. The van der Waals surface area contributed by atoms with E-state index in [0.29, 0.717) is 11.3 Å². The zero-order chi connectivity index (χ0) is 21.9. The lowest BCUT2D eigenvalue weighted by Crippen LogP contribution is -2.52. The highest BCUT2D eigenvalue weighted by Gasteiger charge is 2.32. The number of carbonyl (C=O) groups is 1. The molecule has 1 fully saturated rings. The Labute approximate surface area is 189 Å². The van der Waals surface area contributed by atoms with Crippen LogP contribution in [0.5, 0.6) is 0 Å². The highest BCUT2D eigenvalue weighted by Crippen LogP contribution is 2.34. The number of nitrogen functional groups attached to an aromatic ring is 1. The summed E-state index contributed by atoms with van der Waals surface area (Å²) in [4.78, 5) is 20.1. The first-order chi connectivity index (χ1) is 15.7. The minimum Gasteiger partial charge on any atom is -0.399 e. The molecule has 164 valence electrons. The van der Waals surface area contributed by atoms with E-state index in [1.165, 1.54) is 5.69 Å². The Hall–Kier alpha value is -3.51. The molecule has 0 bridgehead atoms. The molecule has 0 aromatic heterocycles. The van der Waals surface area contributed by atoms with Gasteiger partial charge < -0.3 is 20.9 Å². The van der Waals surface area contributed by atoms with Crippen LogP contribution in [0.3, 0.4) is 0 Å². The van der Waals surface area contributed by atoms with Gasteiger partial charge in [0.05, 0.1) is 11.3 Å². The van der Waals surface area contributed by atoms with E-state index in [0.717, 1.165) is 50.5 Å². The van der Waals surface area contributed by atoms with Crippen molar-refractivity contribution < 1.29 is 4.79 Å². The zero-order valence-corrected chi connectivity index (χ0v) is 18.2. The van der Waals surface area contributed by atoms with E-state index in [-0.39, 0.29) is 12.1 Å². The number of carbonyl (C=O) groups excluding carboxylic acids is 1. The Morgan fingerprint density at radius 2 is 1.53 bits per heavy atom. The lowest BCUT2D eigenvalue weighted by atomic mass is 10.0. The van der Waals surface area contributed by atoms with Gasteiger partial charge in [0, 0.05) is 50.6 Å². The van der Waals surface area contributed by atoms with Gasteiger partial charge in [-0.3, -0.25) is 9.69 Å². The van der Waals surface area contributed by atoms with Crippen molar-refractivity contribution in [3.05, 3.63) is 90.0 Å². The molecule has 1 unspecified atom stereocenters. The van der Waals surface area contributed by atoms with Crippen molar-refractivity contribution in [2.45, 2.75) is 6.17 Å². The Morgan fingerprint density at radius 1 is 0.844 bits per heavy atom. The van der Waals surface area contributed by atoms with Gasteiger partial charge in [-0.15, -0.1) is 0 Å². The number of nitrogens with two attached hydrogens (primary N) is 1. The average Bonchev–Trinajstić information content (AvgIpc) is 2.85. The summed E-state index contributed by atoms with van der Waals surface area (Å²) in [6, 6.07) is 26.4. The molecule has 2 aliphatic rings. The van der Waals surface area contributed by atoms with Crippen molar-refractivity contribution in [2.24, 2.45) is 0 Å². The van der Waals surface area contributed by atoms with E-state index in [9.17, 15) is 4.79 Å². The van der Waals surface area contributed by atoms with Gasteiger partial charge in [0.1, 0.15) is 6.17 Å². The van der Waals surface area contributed by atoms with Gasteiger partial charge in [-0.05, 0) is 35.9 Å². The number of amides is 1. The number of fused-ring (bicyclic) bond motifs is 1. The molecule has 3 aromatic rings. The largest absolute Gasteiger partial charge is 0.399 e. The molecule has 6 nitrogen and oxygen atoms in total. The van der Waals surface area contributed by atoms with Crippen LogP contribution >= 0.6 is 0 Å². The molecule has 0 saturated carbocycles. The molecule has 0 aliphatic carbocycles. The molecule has 0 radical (unpaired) electrons. The van der Waals surface area contributed by atoms with Crippen LogP contribution in [0.4, 0.5) is 17.1 Å². The summed E-state index contributed by atoms with van der Waals surface area (Å²) in [6.07, 6.45) is -0.189. The van der Waals surface area contributed by atoms with Gasteiger partial charge in [-0.1, -0.05) is 48.5 Å². The predicted molar refractivity (Wildman–Crippen MR) is 130 cm³/mol. The van der Waals surface area contributed by atoms with E-state index in [4.69, 9.17) is 5.73 Å². The normalized spacial score (nSPS) is 18.9. The summed E-state index contributed by atoms with van der Waals surface area (Å²) in [5.41, 5.74) is 10.5. The van der Waals surface area contributed by atoms with Crippen LogP contribution in [0, 0.1) is 0 Å². The number of piperazine rings is 1.